The van der Waals surface area contributed by atoms with Gasteiger partial charge in [0, 0.05) is 43.2 Å². The monoisotopic (exact) mass is 344 g/mol. The number of H-pyrrole nitrogens is 1. The fraction of sp³-hybridized carbons (Fsp3) is 0.737. The number of imidazole rings is 1. The molecule has 2 saturated heterocycles. The normalized spacial score (nSPS) is 28.1. The van der Waals surface area contributed by atoms with E-state index in [9.17, 15) is 9.59 Å². The van der Waals surface area contributed by atoms with Crippen LogP contribution in [0.4, 0.5) is 0 Å². The zero-order valence-electron chi connectivity index (χ0n) is 15.1. The maximum atomic E-state index is 12.9. The lowest BCUT2D eigenvalue weighted by molar-refractivity contribution is -0.142. The van der Waals surface area contributed by atoms with Crippen molar-refractivity contribution in [3.8, 4) is 0 Å². The van der Waals surface area contributed by atoms with Crippen LogP contribution in [0.5, 0.6) is 0 Å². The molecule has 6 nitrogen and oxygen atoms in total. The van der Waals surface area contributed by atoms with Crippen molar-refractivity contribution in [2.24, 2.45) is 5.41 Å². The molecular formula is C19H28N4O2. The first-order chi connectivity index (χ1) is 12.1. The Bertz CT molecular complexity index is 664. The second kappa shape index (κ2) is 6.46. The second-order valence-corrected chi connectivity index (χ2v) is 8.17. The third-order valence-corrected chi connectivity index (χ3v) is 6.44. The number of likely N-dealkylation sites (tertiary alicyclic amines) is 2. The first-order valence-electron chi connectivity index (χ1n) is 9.67. The number of aromatic nitrogens is 2. The van der Waals surface area contributed by atoms with Crippen LogP contribution in [-0.4, -0.2) is 57.3 Å². The summed E-state index contributed by atoms with van der Waals surface area (Å²) in [6.45, 7) is 4.28. The summed E-state index contributed by atoms with van der Waals surface area (Å²) < 4.78 is 0. The maximum Gasteiger partial charge on any atom is 0.274 e. The molecule has 1 aromatic rings. The van der Waals surface area contributed by atoms with E-state index >= 15 is 0 Å². The Morgan fingerprint density at radius 3 is 2.76 bits per heavy atom. The van der Waals surface area contributed by atoms with E-state index in [-0.39, 0.29) is 11.3 Å². The molecule has 3 heterocycles. The standard InChI is InChI=1S/C19H28N4O2/c1-14-17(21-13-20-14)18(25)22-10-4-8-19(11-22)9-7-16(24)23(12-19)15-5-2-3-6-15/h13,15H,2-12H2,1H3,(H,20,21)/t19-/m0/s1. The summed E-state index contributed by atoms with van der Waals surface area (Å²) in [5.41, 5.74) is 1.45. The number of aromatic amines is 1. The predicted octanol–water partition coefficient (Wildman–Crippen LogP) is 2.51. The van der Waals surface area contributed by atoms with Crippen molar-refractivity contribution in [1.29, 1.82) is 0 Å². The molecule has 1 aliphatic carbocycles. The lowest BCUT2D eigenvalue weighted by Crippen LogP contribution is -2.57. The lowest BCUT2D eigenvalue weighted by atomic mass is 9.73. The number of nitrogens with one attached hydrogen (secondary N) is 1. The SMILES string of the molecule is Cc1[nH]cnc1C(=O)N1CCC[C@]2(CCC(=O)N(C3CCCC3)C2)C1. The Labute approximate surface area is 149 Å². The van der Waals surface area contributed by atoms with E-state index in [1.807, 2.05) is 11.8 Å². The number of rotatable bonds is 2. The lowest BCUT2D eigenvalue weighted by Gasteiger charge is -2.49. The molecule has 1 atom stereocenters. The predicted molar refractivity (Wildman–Crippen MR) is 94.1 cm³/mol. The quantitative estimate of drug-likeness (QED) is 0.896. The summed E-state index contributed by atoms with van der Waals surface area (Å²) >= 11 is 0. The van der Waals surface area contributed by atoms with E-state index in [4.69, 9.17) is 0 Å². The van der Waals surface area contributed by atoms with Gasteiger partial charge in [-0.05, 0) is 39.0 Å². The molecular weight excluding hydrogens is 316 g/mol. The molecule has 0 aromatic carbocycles. The van der Waals surface area contributed by atoms with Crippen LogP contribution in [0.3, 0.4) is 0 Å². The van der Waals surface area contributed by atoms with Gasteiger partial charge in [-0.25, -0.2) is 4.98 Å². The van der Waals surface area contributed by atoms with Crippen molar-refractivity contribution in [2.45, 2.75) is 64.3 Å². The third-order valence-electron chi connectivity index (χ3n) is 6.44. The number of nitrogens with zero attached hydrogens (tertiary/aromatic N) is 3. The fourth-order valence-electron chi connectivity index (χ4n) is 5.03. The molecule has 6 heteroatoms. The van der Waals surface area contributed by atoms with Crippen LogP contribution >= 0.6 is 0 Å². The van der Waals surface area contributed by atoms with Crippen LogP contribution in [0.15, 0.2) is 6.33 Å². The van der Waals surface area contributed by atoms with Crippen molar-refractivity contribution in [2.75, 3.05) is 19.6 Å². The van der Waals surface area contributed by atoms with Crippen molar-refractivity contribution in [1.82, 2.24) is 19.8 Å². The van der Waals surface area contributed by atoms with Crippen LogP contribution in [-0.2, 0) is 4.79 Å². The number of amides is 2. The molecule has 0 bridgehead atoms. The first-order valence-corrected chi connectivity index (χ1v) is 9.67. The maximum absolute atomic E-state index is 12.9. The molecule has 3 fully saturated rings. The second-order valence-electron chi connectivity index (χ2n) is 8.17. The largest absolute Gasteiger partial charge is 0.348 e. The Morgan fingerprint density at radius 1 is 1.24 bits per heavy atom. The number of hydrogen-bond donors (Lipinski definition) is 1. The average molecular weight is 344 g/mol. The number of piperidine rings is 2. The number of carbonyl (C=O) groups is 2. The topological polar surface area (TPSA) is 69.3 Å². The minimum Gasteiger partial charge on any atom is -0.348 e. The zero-order valence-corrected chi connectivity index (χ0v) is 15.1. The van der Waals surface area contributed by atoms with Crippen LogP contribution < -0.4 is 0 Å². The molecule has 25 heavy (non-hydrogen) atoms. The third kappa shape index (κ3) is 3.07. The molecule has 1 aromatic heterocycles. The highest BCUT2D eigenvalue weighted by atomic mass is 16.2. The highest BCUT2D eigenvalue weighted by Gasteiger charge is 2.45. The zero-order chi connectivity index (χ0) is 17.4. The number of hydrogen-bond acceptors (Lipinski definition) is 3. The van der Waals surface area contributed by atoms with E-state index < -0.39 is 0 Å². The van der Waals surface area contributed by atoms with Gasteiger partial charge in [-0.2, -0.15) is 0 Å². The van der Waals surface area contributed by atoms with Gasteiger partial charge in [-0.3, -0.25) is 9.59 Å². The minimum absolute atomic E-state index is 0.0298. The van der Waals surface area contributed by atoms with Gasteiger partial charge in [-0.1, -0.05) is 12.8 Å². The average Bonchev–Trinajstić information content (AvgIpc) is 3.28. The summed E-state index contributed by atoms with van der Waals surface area (Å²) in [4.78, 5) is 36.7. The molecule has 4 rings (SSSR count). The van der Waals surface area contributed by atoms with Gasteiger partial charge in [-0.15, -0.1) is 0 Å². The number of carbonyl (C=O) groups excluding carboxylic acids is 2. The Balaban J connectivity index is 1.50. The molecule has 0 radical (unpaired) electrons. The summed E-state index contributed by atoms with van der Waals surface area (Å²) in [5, 5.41) is 0. The minimum atomic E-state index is 0.0298. The Hall–Kier alpha value is -1.85. The molecule has 2 aliphatic heterocycles. The number of aryl methyl sites for hydroxylation is 1. The first kappa shape index (κ1) is 16.6. The molecule has 1 saturated carbocycles. The van der Waals surface area contributed by atoms with Gasteiger partial charge in [0.05, 0.1) is 6.33 Å². The molecule has 3 aliphatic rings. The van der Waals surface area contributed by atoms with Gasteiger partial charge >= 0.3 is 0 Å². The molecule has 1 N–H and O–H groups in total. The van der Waals surface area contributed by atoms with Gasteiger partial charge in [0.1, 0.15) is 5.69 Å². The van der Waals surface area contributed by atoms with Gasteiger partial charge in [0.15, 0.2) is 0 Å². The smallest absolute Gasteiger partial charge is 0.274 e. The Morgan fingerprint density at radius 2 is 2.04 bits per heavy atom. The van der Waals surface area contributed by atoms with Crippen LogP contribution in [0.25, 0.3) is 0 Å². The molecule has 2 amide bonds. The Kier molecular flexibility index (Phi) is 4.29. The van der Waals surface area contributed by atoms with Gasteiger partial charge in [0.2, 0.25) is 5.91 Å². The summed E-state index contributed by atoms with van der Waals surface area (Å²) in [5.74, 6) is 0.353. The van der Waals surface area contributed by atoms with Crippen molar-refractivity contribution >= 4 is 11.8 Å². The van der Waals surface area contributed by atoms with E-state index in [2.05, 4.69) is 14.9 Å². The van der Waals surface area contributed by atoms with Gasteiger partial charge in [0.25, 0.3) is 5.91 Å². The van der Waals surface area contributed by atoms with Crippen molar-refractivity contribution in [3.05, 3.63) is 17.7 Å². The van der Waals surface area contributed by atoms with E-state index in [0.717, 1.165) is 57.4 Å². The van der Waals surface area contributed by atoms with E-state index in [1.54, 1.807) is 6.33 Å². The molecule has 0 unspecified atom stereocenters. The molecule has 1 spiro atoms. The van der Waals surface area contributed by atoms with E-state index in [1.165, 1.54) is 12.8 Å². The van der Waals surface area contributed by atoms with E-state index in [0.29, 0.717) is 24.1 Å². The summed E-state index contributed by atoms with van der Waals surface area (Å²) in [6, 6.07) is 0.435. The van der Waals surface area contributed by atoms with Crippen LogP contribution in [0, 0.1) is 12.3 Å². The highest BCUT2D eigenvalue weighted by molar-refractivity contribution is 5.93. The summed E-state index contributed by atoms with van der Waals surface area (Å²) in [7, 11) is 0. The van der Waals surface area contributed by atoms with Crippen LogP contribution in [0.2, 0.25) is 0 Å². The fourth-order valence-corrected chi connectivity index (χ4v) is 5.03. The van der Waals surface area contributed by atoms with Crippen LogP contribution in [0.1, 0.15) is 67.5 Å². The molecule has 136 valence electrons. The van der Waals surface area contributed by atoms with Crippen molar-refractivity contribution in [3.63, 3.8) is 0 Å². The van der Waals surface area contributed by atoms with Gasteiger partial charge < -0.3 is 14.8 Å². The summed E-state index contributed by atoms with van der Waals surface area (Å²) in [6.07, 6.45) is 10.1. The van der Waals surface area contributed by atoms with Crippen molar-refractivity contribution < 1.29 is 9.59 Å². The highest BCUT2D eigenvalue weighted by Crippen LogP contribution is 2.41.